The molecule has 0 aliphatic carbocycles. The standard InChI is InChI=1S/C12H21N5O2/c1-7(2)11(13)12(19)14-6-10(18)16-9-5-15-17(4)8(9)3/h5,7,11H,6,13H2,1-4H3,(H,14,19)(H,16,18)/t11-/m0/s1. The Morgan fingerprint density at radius 3 is 2.58 bits per heavy atom. The van der Waals surface area contributed by atoms with Crippen LogP contribution in [0.5, 0.6) is 0 Å². The van der Waals surface area contributed by atoms with E-state index in [0.717, 1.165) is 5.69 Å². The third-order valence-corrected chi connectivity index (χ3v) is 2.95. The molecule has 1 heterocycles. The highest BCUT2D eigenvalue weighted by molar-refractivity contribution is 5.95. The van der Waals surface area contributed by atoms with Gasteiger partial charge < -0.3 is 16.4 Å². The molecule has 0 unspecified atom stereocenters. The zero-order valence-corrected chi connectivity index (χ0v) is 11.7. The van der Waals surface area contributed by atoms with Crippen LogP contribution < -0.4 is 16.4 Å². The van der Waals surface area contributed by atoms with Crippen molar-refractivity contribution in [2.45, 2.75) is 26.8 Å². The van der Waals surface area contributed by atoms with Crippen molar-refractivity contribution in [3.8, 4) is 0 Å². The number of nitrogens with one attached hydrogen (secondary N) is 2. The highest BCUT2D eigenvalue weighted by atomic mass is 16.2. The second-order valence-corrected chi connectivity index (χ2v) is 4.80. The maximum atomic E-state index is 11.7. The maximum absolute atomic E-state index is 11.7. The Labute approximate surface area is 112 Å². The molecular formula is C12H21N5O2. The Morgan fingerprint density at radius 2 is 2.11 bits per heavy atom. The summed E-state index contributed by atoms with van der Waals surface area (Å²) in [6.45, 7) is 5.44. The Morgan fingerprint density at radius 1 is 1.47 bits per heavy atom. The van der Waals surface area contributed by atoms with Crippen molar-refractivity contribution in [3.05, 3.63) is 11.9 Å². The van der Waals surface area contributed by atoms with Crippen molar-refractivity contribution in [2.24, 2.45) is 18.7 Å². The molecule has 1 atom stereocenters. The highest BCUT2D eigenvalue weighted by Crippen LogP contribution is 2.11. The molecule has 1 aromatic heterocycles. The minimum atomic E-state index is -0.604. The number of amides is 2. The van der Waals surface area contributed by atoms with Gasteiger partial charge in [0, 0.05) is 7.05 Å². The number of aryl methyl sites for hydroxylation is 1. The van der Waals surface area contributed by atoms with Crippen LogP contribution in [-0.2, 0) is 16.6 Å². The summed E-state index contributed by atoms with van der Waals surface area (Å²) in [7, 11) is 1.79. The van der Waals surface area contributed by atoms with Crippen LogP contribution in [0.4, 0.5) is 5.69 Å². The predicted molar refractivity (Wildman–Crippen MR) is 72.4 cm³/mol. The van der Waals surface area contributed by atoms with Gasteiger partial charge >= 0.3 is 0 Å². The minimum Gasteiger partial charge on any atom is -0.346 e. The predicted octanol–water partition coefficient (Wildman–Crippen LogP) is -0.233. The summed E-state index contributed by atoms with van der Waals surface area (Å²) < 4.78 is 1.66. The Bertz CT molecular complexity index is 467. The van der Waals surface area contributed by atoms with Crippen LogP contribution in [0.2, 0.25) is 0 Å². The molecule has 7 heteroatoms. The van der Waals surface area contributed by atoms with Crippen molar-refractivity contribution >= 4 is 17.5 Å². The zero-order chi connectivity index (χ0) is 14.6. The molecule has 2 amide bonds. The van der Waals surface area contributed by atoms with E-state index in [1.807, 2.05) is 20.8 Å². The second-order valence-electron chi connectivity index (χ2n) is 4.80. The number of hydrogen-bond acceptors (Lipinski definition) is 4. The molecule has 0 spiro atoms. The molecule has 106 valence electrons. The number of aromatic nitrogens is 2. The molecule has 0 aliphatic rings. The second kappa shape index (κ2) is 6.33. The van der Waals surface area contributed by atoms with Crippen LogP contribution >= 0.6 is 0 Å². The van der Waals surface area contributed by atoms with Crippen molar-refractivity contribution < 1.29 is 9.59 Å². The van der Waals surface area contributed by atoms with Gasteiger partial charge in [0.05, 0.1) is 30.2 Å². The summed E-state index contributed by atoms with van der Waals surface area (Å²) in [5.41, 5.74) is 7.15. The fourth-order valence-electron chi connectivity index (χ4n) is 1.40. The monoisotopic (exact) mass is 267 g/mol. The van der Waals surface area contributed by atoms with Crippen molar-refractivity contribution in [1.82, 2.24) is 15.1 Å². The minimum absolute atomic E-state index is 0.0311. The number of nitrogens with zero attached hydrogens (tertiary/aromatic N) is 2. The number of carbonyl (C=O) groups excluding carboxylic acids is 2. The van der Waals surface area contributed by atoms with Crippen LogP contribution in [0.1, 0.15) is 19.5 Å². The van der Waals surface area contributed by atoms with E-state index in [1.165, 1.54) is 0 Å². The first-order valence-electron chi connectivity index (χ1n) is 6.14. The lowest BCUT2D eigenvalue weighted by Gasteiger charge is -2.15. The highest BCUT2D eigenvalue weighted by Gasteiger charge is 2.17. The summed E-state index contributed by atoms with van der Waals surface area (Å²) >= 11 is 0. The lowest BCUT2D eigenvalue weighted by atomic mass is 10.1. The average molecular weight is 267 g/mol. The quantitative estimate of drug-likeness (QED) is 0.685. The molecular weight excluding hydrogens is 246 g/mol. The van der Waals surface area contributed by atoms with E-state index >= 15 is 0 Å². The molecule has 0 saturated carbocycles. The lowest BCUT2D eigenvalue weighted by molar-refractivity contribution is -0.125. The summed E-state index contributed by atoms with van der Waals surface area (Å²) in [5.74, 6) is -0.600. The van der Waals surface area contributed by atoms with E-state index in [1.54, 1.807) is 17.9 Å². The van der Waals surface area contributed by atoms with Crippen LogP contribution in [-0.4, -0.2) is 34.2 Å². The normalized spacial score (nSPS) is 12.3. The SMILES string of the molecule is Cc1c(NC(=O)CNC(=O)[C@@H](N)C(C)C)cnn1C. The van der Waals surface area contributed by atoms with Crippen LogP contribution in [0, 0.1) is 12.8 Å². The van der Waals surface area contributed by atoms with Gasteiger partial charge in [0.15, 0.2) is 0 Å². The summed E-state index contributed by atoms with van der Waals surface area (Å²) in [6, 6.07) is -0.604. The van der Waals surface area contributed by atoms with Gasteiger partial charge in [-0.25, -0.2) is 0 Å². The molecule has 19 heavy (non-hydrogen) atoms. The summed E-state index contributed by atoms with van der Waals surface area (Å²) in [5, 5.41) is 9.19. The first kappa shape index (κ1) is 15.2. The molecule has 0 aliphatic heterocycles. The van der Waals surface area contributed by atoms with Crippen molar-refractivity contribution in [1.29, 1.82) is 0 Å². The molecule has 4 N–H and O–H groups in total. The molecule has 0 saturated heterocycles. The summed E-state index contributed by atoms with van der Waals surface area (Å²) in [6.07, 6.45) is 1.56. The fourth-order valence-corrected chi connectivity index (χ4v) is 1.40. The Kier molecular flexibility index (Phi) is 5.05. The largest absolute Gasteiger partial charge is 0.346 e. The summed E-state index contributed by atoms with van der Waals surface area (Å²) in [4.78, 5) is 23.2. The Hall–Kier alpha value is -1.89. The Balaban J connectivity index is 2.45. The maximum Gasteiger partial charge on any atom is 0.243 e. The lowest BCUT2D eigenvalue weighted by Crippen LogP contribution is -2.46. The fraction of sp³-hybridized carbons (Fsp3) is 0.583. The number of rotatable bonds is 5. The molecule has 0 radical (unpaired) electrons. The zero-order valence-electron chi connectivity index (χ0n) is 11.7. The number of anilines is 1. The first-order chi connectivity index (χ1) is 8.82. The number of nitrogens with two attached hydrogens (primary N) is 1. The molecule has 7 nitrogen and oxygen atoms in total. The van der Waals surface area contributed by atoms with Gasteiger partial charge in [-0.1, -0.05) is 13.8 Å². The average Bonchev–Trinajstić information content (AvgIpc) is 2.66. The van der Waals surface area contributed by atoms with Crippen LogP contribution in [0.3, 0.4) is 0 Å². The molecule has 0 aromatic carbocycles. The van der Waals surface area contributed by atoms with Gasteiger partial charge in [-0.3, -0.25) is 14.3 Å². The van der Waals surface area contributed by atoms with Gasteiger partial charge in [0.25, 0.3) is 0 Å². The smallest absolute Gasteiger partial charge is 0.243 e. The van der Waals surface area contributed by atoms with Gasteiger partial charge in [-0.15, -0.1) is 0 Å². The van der Waals surface area contributed by atoms with Gasteiger partial charge in [0.1, 0.15) is 0 Å². The number of carbonyl (C=O) groups is 2. The van der Waals surface area contributed by atoms with Crippen LogP contribution in [0.25, 0.3) is 0 Å². The van der Waals surface area contributed by atoms with Crippen molar-refractivity contribution in [2.75, 3.05) is 11.9 Å². The topological polar surface area (TPSA) is 102 Å². The molecule has 1 aromatic rings. The van der Waals surface area contributed by atoms with E-state index in [9.17, 15) is 9.59 Å². The third kappa shape index (κ3) is 4.06. The van der Waals surface area contributed by atoms with E-state index < -0.39 is 6.04 Å². The molecule has 1 rings (SSSR count). The number of hydrogen-bond donors (Lipinski definition) is 3. The van der Waals surface area contributed by atoms with Crippen molar-refractivity contribution in [3.63, 3.8) is 0 Å². The molecule has 0 fully saturated rings. The van der Waals surface area contributed by atoms with E-state index in [-0.39, 0.29) is 24.3 Å². The van der Waals surface area contributed by atoms with E-state index in [2.05, 4.69) is 15.7 Å². The van der Waals surface area contributed by atoms with Gasteiger partial charge in [0.2, 0.25) is 11.8 Å². The first-order valence-corrected chi connectivity index (χ1v) is 6.14. The van der Waals surface area contributed by atoms with Gasteiger partial charge in [-0.2, -0.15) is 5.10 Å². The van der Waals surface area contributed by atoms with E-state index in [0.29, 0.717) is 5.69 Å². The third-order valence-electron chi connectivity index (χ3n) is 2.95. The van der Waals surface area contributed by atoms with E-state index in [4.69, 9.17) is 5.73 Å². The van der Waals surface area contributed by atoms with Crippen LogP contribution in [0.15, 0.2) is 6.20 Å². The molecule has 0 bridgehead atoms. The van der Waals surface area contributed by atoms with Gasteiger partial charge in [-0.05, 0) is 12.8 Å².